The van der Waals surface area contributed by atoms with E-state index in [4.69, 9.17) is 14.2 Å². The number of aryl methyl sites for hydroxylation is 1. The first-order valence-corrected chi connectivity index (χ1v) is 14.1. The van der Waals surface area contributed by atoms with Crippen LogP contribution in [0.3, 0.4) is 0 Å². The van der Waals surface area contributed by atoms with Gasteiger partial charge in [0.1, 0.15) is 11.4 Å². The van der Waals surface area contributed by atoms with Crippen LogP contribution in [-0.2, 0) is 26.9 Å². The Bertz CT molecular complexity index is 1050. The van der Waals surface area contributed by atoms with Gasteiger partial charge in [-0.05, 0) is 55.9 Å². The van der Waals surface area contributed by atoms with Crippen molar-refractivity contribution in [3.8, 4) is 5.75 Å². The van der Waals surface area contributed by atoms with Crippen molar-refractivity contribution in [1.82, 2.24) is 4.57 Å². The van der Waals surface area contributed by atoms with Crippen LogP contribution in [0.1, 0.15) is 96.8 Å². The average molecular weight is 536 g/mol. The smallest absolute Gasteiger partial charge is 0.259 e. The van der Waals surface area contributed by atoms with Gasteiger partial charge in [-0.1, -0.05) is 40.2 Å². The normalized spacial score (nSPS) is 31.7. The molecule has 2 unspecified atom stereocenters. The van der Waals surface area contributed by atoms with Crippen LogP contribution in [0.4, 0.5) is 0 Å². The van der Waals surface area contributed by atoms with E-state index in [0.29, 0.717) is 24.7 Å². The molecule has 0 spiro atoms. The van der Waals surface area contributed by atoms with Crippen molar-refractivity contribution in [1.29, 1.82) is 0 Å². The molecule has 38 heavy (non-hydrogen) atoms. The molecule has 3 N–H and O–H groups in total. The van der Waals surface area contributed by atoms with E-state index in [9.17, 15) is 20.1 Å². The number of aliphatic hydroxyl groups is 2. The highest BCUT2D eigenvalue weighted by molar-refractivity contribution is 5.44. The number of aliphatic hydroxyl groups excluding tert-OH is 1. The van der Waals surface area contributed by atoms with Crippen LogP contribution in [0.25, 0.3) is 0 Å². The number of ether oxygens (including phenoxy) is 3. The highest BCUT2D eigenvalue weighted by Gasteiger charge is 2.51. The molecule has 3 rings (SSSR count). The molecule has 0 amide bonds. The lowest BCUT2D eigenvalue weighted by Crippen LogP contribution is -2.53. The maximum atomic E-state index is 13.3. The topological polar surface area (TPSA) is 110 Å². The minimum absolute atomic E-state index is 0.0203. The molecule has 2 aliphatic rings. The van der Waals surface area contributed by atoms with Gasteiger partial charge in [-0.15, -0.1) is 0 Å². The quantitative estimate of drug-likeness (QED) is 0.311. The Morgan fingerprint density at radius 1 is 1.26 bits per heavy atom. The van der Waals surface area contributed by atoms with Crippen molar-refractivity contribution >= 4 is 0 Å². The monoisotopic (exact) mass is 535 g/mol. The Kier molecular flexibility index (Phi) is 9.91. The minimum atomic E-state index is -1.77. The zero-order chi connectivity index (χ0) is 28.4. The Morgan fingerprint density at radius 3 is 2.50 bits per heavy atom. The first-order chi connectivity index (χ1) is 17.8. The first kappa shape index (κ1) is 30.8. The summed E-state index contributed by atoms with van der Waals surface area (Å²) in [6.07, 6.45) is 5.72. The molecule has 8 heteroatoms. The van der Waals surface area contributed by atoms with E-state index in [-0.39, 0.29) is 47.3 Å². The fourth-order valence-electron chi connectivity index (χ4n) is 6.36. The fourth-order valence-corrected chi connectivity index (χ4v) is 6.36. The molecule has 0 radical (unpaired) electrons. The van der Waals surface area contributed by atoms with Crippen LogP contribution < -0.4 is 5.56 Å². The van der Waals surface area contributed by atoms with Gasteiger partial charge in [-0.25, -0.2) is 0 Å². The highest BCUT2D eigenvalue weighted by atomic mass is 16.7. The molecule has 1 aromatic rings. The second-order valence-corrected chi connectivity index (χ2v) is 11.9. The van der Waals surface area contributed by atoms with E-state index in [1.165, 1.54) is 25.0 Å². The van der Waals surface area contributed by atoms with Crippen molar-refractivity contribution in [3.05, 3.63) is 39.3 Å². The lowest BCUT2D eigenvalue weighted by molar-refractivity contribution is -0.269. The lowest BCUT2D eigenvalue weighted by Gasteiger charge is -2.46. The molecule has 0 aromatic carbocycles. The molecule has 0 bridgehead atoms. The van der Waals surface area contributed by atoms with Gasteiger partial charge in [0.25, 0.3) is 5.56 Å². The summed E-state index contributed by atoms with van der Waals surface area (Å²) in [5, 5.41) is 34.1. The number of allylic oxidation sites excluding steroid dienone is 1. The number of nitrogens with zero attached hydrogens (tertiary/aromatic N) is 1. The van der Waals surface area contributed by atoms with Crippen molar-refractivity contribution in [2.75, 3.05) is 14.2 Å². The highest BCUT2D eigenvalue weighted by Crippen LogP contribution is 2.48. The maximum Gasteiger partial charge on any atom is 0.259 e. The second-order valence-electron chi connectivity index (χ2n) is 11.9. The molecule has 1 aliphatic heterocycles. The summed E-state index contributed by atoms with van der Waals surface area (Å²) in [4.78, 5) is 13.3. The molecule has 2 heterocycles. The largest absolute Gasteiger partial charge is 0.507 e. The van der Waals surface area contributed by atoms with Gasteiger partial charge in [-0.2, -0.15) is 0 Å². The minimum Gasteiger partial charge on any atom is -0.507 e. The van der Waals surface area contributed by atoms with Crippen LogP contribution in [0.2, 0.25) is 0 Å². The van der Waals surface area contributed by atoms with Crippen molar-refractivity contribution in [2.45, 2.75) is 109 Å². The van der Waals surface area contributed by atoms with E-state index in [1.54, 1.807) is 7.05 Å². The number of pyridine rings is 1. The molecule has 2 fully saturated rings. The SMILES string of the molecule is CCC(C)CC(C)/C=C(\C)[C@@H]1O[C@H](c2c(O)c([C@@]3(O)CCC(OC)(OC)C[C@@H]3O)cn(C)c2=O)CC[C@H]1C. The predicted octanol–water partition coefficient (Wildman–Crippen LogP) is 4.69. The number of aromatic hydroxyl groups is 1. The van der Waals surface area contributed by atoms with Gasteiger partial charge >= 0.3 is 0 Å². The number of rotatable bonds is 9. The Balaban J connectivity index is 1.95. The molecule has 1 aliphatic carbocycles. The molecule has 216 valence electrons. The molecule has 1 saturated carbocycles. The van der Waals surface area contributed by atoms with Crippen LogP contribution in [-0.4, -0.2) is 52.1 Å². The molecule has 7 atom stereocenters. The second kappa shape index (κ2) is 12.2. The van der Waals surface area contributed by atoms with Gasteiger partial charge in [0.05, 0.1) is 23.9 Å². The van der Waals surface area contributed by atoms with Crippen LogP contribution in [0.5, 0.6) is 5.75 Å². The Morgan fingerprint density at radius 2 is 1.92 bits per heavy atom. The number of aromatic nitrogens is 1. The van der Waals surface area contributed by atoms with Gasteiger partial charge in [0, 0.05) is 45.9 Å². The van der Waals surface area contributed by atoms with E-state index in [0.717, 1.165) is 24.8 Å². The van der Waals surface area contributed by atoms with E-state index < -0.39 is 23.6 Å². The lowest BCUT2D eigenvalue weighted by atomic mass is 9.74. The van der Waals surface area contributed by atoms with E-state index in [2.05, 4.69) is 40.7 Å². The van der Waals surface area contributed by atoms with Gasteiger partial charge < -0.3 is 34.1 Å². The van der Waals surface area contributed by atoms with Crippen molar-refractivity contribution in [2.24, 2.45) is 24.8 Å². The van der Waals surface area contributed by atoms with E-state index >= 15 is 0 Å². The third-order valence-corrected chi connectivity index (χ3v) is 9.04. The summed E-state index contributed by atoms with van der Waals surface area (Å²) in [5.74, 6) is 0.0125. The predicted molar refractivity (Wildman–Crippen MR) is 147 cm³/mol. The molecule has 1 saturated heterocycles. The standard InChI is InChI=1S/C30H49NO7/c1-9-18(2)14-19(3)15-21(5)27-20(4)10-11-23(38-27)25-26(33)22(17-31(6)28(25)34)30(35)13-12-29(36-7,37-8)16-24(30)32/h15,17-20,23-24,27,32-33,35H,9-14,16H2,1-8H3/b21-15+/t18?,19?,20-,23+,24+,27-,30+/m1/s1. The number of hydrogen-bond acceptors (Lipinski definition) is 7. The summed E-state index contributed by atoms with van der Waals surface area (Å²) < 4.78 is 18.9. The number of hydrogen-bond donors (Lipinski definition) is 3. The number of methoxy groups -OCH3 is 2. The molecule has 1 aromatic heterocycles. The summed E-state index contributed by atoms with van der Waals surface area (Å²) >= 11 is 0. The summed E-state index contributed by atoms with van der Waals surface area (Å²) in [7, 11) is 4.59. The summed E-state index contributed by atoms with van der Waals surface area (Å²) in [6, 6.07) is 0. The van der Waals surface area contributed by atoms with E-state index in [1.807, 2.05) is 0 Å². The van der Waals surface area contributed by atoms with Gasteiger partial charge in [0.15, 0.2) is 5.79 Å². The van der Waals surface area contributed by atoms with Crippen molar-refractivity contribution < 1.29 is 29.5 Å². The molecular formula is C30H49NO7. The fraction of sp³-hybridized carbons (Fsp3) is 0.767. The van der Waals surface area contributed by atoms with Crippen LogP contribution >= 0.6 is 0 Å². The molecular weight excluding hydrogens is 486 g/mol. The third kappa shape index (κ3) is 6.04. The average Bonchev–Trinajstić information content (AvgIpc) is 2.88. The van der Waals surface area contributed by atoms with Gasteiger partial charge in [-0.3, -0.25) is 4.79 Å². The Hall–Kier alpha value is -1.71. The van der Waals surface area contributed by atoms with Crippen molar-refractivity contribution in [3.63, 3.8) is 0 Å². The summed E-state index contributed by atoms with van der Waals surface area (Å²) in [6.45, 7) is 10.9. The summed E-state index contributed by atoms with van der Waals surface area (Å²) in [5.41, 5.74) is -0.738. The first-order valence-electron chi connectivity index (χ1n) is 14.1. The van der Waals surface area contributed by atoms with Crippen LogP contribution in [0.15, 0.2) is 22.6 Å². The van der Waals surface area contributed by atoms with Crippen LogP contribution in [0, 0.1) is 17.8 Å². The Labute approximate surface area is 227 Å². The third-order valence-electron chi connectivity index (χ3n) is 9.04. The maximum absolute atomic E-state index is 13.3. The zero-order valence-electron chi connectivity index (χ0n) is 24.5. The zero-order valence-corrected chi connectivity index (χ0v) is 24.5. The van der Waals surface area contributed by atoms with Gasteiger partial charge in [0.2, 0.25) is 0 Å². The molecule has 8 nitrogen and oxygen atoms in total.